The lowest BCUT2D eigenvalue weighted by Crippen LogP contribution is -2.49. The molecule has 2 heterocycles. The number of fused-ring (bicyclic) bond motifs is 1. The summed E-state index contributed by atoms with van der Waals surface area (Å²) in [6.45, 7) is 5.01. The van der Waals surface area contributed by atoms with E-state index < -0.39 is 11.7 Å². The topological polar surface area (TPSA) is 65.8 Å². The summed E-state index contributed by atoms with van der Waals surface area (Å²) in [6, 6.07) is 12.5. The fourth-order valence-electron chi connectivity index (χ4n) is 5.21. The maximum Gasteiger partial charge on any atom is 0.417 e. The molecule has 0 N–H and O–H groups in total. The standard InChI is InChI=1S/C26H28F3N3O3/c1-3-35-17-25-9-10-31(21-8-7-19(13-30)23(12-21)26(27,28)29)14-20(25)15-32(16-25)24(33)18-5-4-6-22(11-18)34-2/h4-8,11-12,20H,3,9-10,14-17H2,1-2H3/t20-,25+/m1/s1. The first-order chi connectivity index (χ1) is 16.7. The quantitative estimate of drug-likeness (QED) is 0.596. The number of ether oxygens (including phenoxy) is 2. The number of anilines is 1. The van der Waals surface area contributed by atoms with Gasteiger partial charge in [0, 0.05) is 55.4 Å². The number of alkyl halides is 3. The van der Waals surface area contributed by atoms with Crippen LogP contribution in [0.1, 0.15) is 34.8 Å². The van der Waals surface area contributed by atoms with Crippen molar-refractivity contribution < 1.29 is 27.4 Å². The second-order valence-electron chi connectivity index (χ2n) is 9.15. The van der Waals surface area contributed by atoms with E-state index in [0.29, 0.717) is 62.8 Å². The molecule has 0 saturated carbocycles. The van der Waals surface area contributed by atoms with Crippen LogP contribution in [0.25, 0.3) is 0 Å². The molecule has 0 bridgehead atoms. The lowest BCUT2D eigenvalue weighted by molar-refractivity contribution is -0.137. The fraction of sp³-hybridized carbons (Fsp3) is 0.462. The third kappa shape index (κ3) is 4.94. The molecule has 6 nitrogen and oxygen atoms in total. The predicted molar refractivity (Wildman–Crippen MR) is 124 cm³/mol. The molecule has 0 spiro atoms. The Morgan fingerprint density at radius 1 is 1.23 bits per heavy atom. The van der Waals surface area contributed by atoms with E-state index in [-0.39, 0.29) is 22.8 Å². The zero-order valence-corrected chi connectivity index (χ0v) is 19.8. The average Bonchev–Trinajstić information content (AvgIpc) is 3.25. The molecule has 9 heteroatoms. The zero-order chi connectivity index (χ0) is 25.2. The van der Waals surface area contributed by atoms with Gasteiger partial charge in [-0.05, 0) is 49.7 Å². The first kappa shape index (κ1) is 24.9. The van der Waals surface area contributed by atoms with Crippen molar-refractivity contribution in [3.05, 3.63) is 59.2 Å². The Kier molecular flexibility index (Phi) is 6.95. The normalized spacial score (nSPS) is 22.0. The lowest BCUT2D eigenvalue weighted by atomic mass is 9.73. The first-order valence-electron chi connectivity index (χ1n) is 11.6. The van der Waals surface area contributed by atoms with Crippen molar-refractivity contribution in [2.45, 2.75) is 19.5 Å². The van der Waals surface area contributed by atoms with Crippen LogP contribution < -0.4 is 9.64 Å². The molecule has 0 radical (unpaired) electrons. The number of halogens is 3. The number of hydrogen-bond donors (Lipinski definition) is 0. The van der Waals surface area contributed by atoms with Crippen LogP contribution in [0.3, 0.4) is 0 Å². The van der Waals surface area contributed by atoms with Gasteiger partial charge in [0.1, 0.15) is 5.75 Å². The minimum Gasteiger partial charge on any atom is -0.497 e. The summed E-state index contributed by atoms with van der Waals surface area (Å²) in [7, 11) is 1.55. The fourth-order valence-corrected chi connectivity index (χ4v) is 5.21. The van der Waals surface area contributed by atoms with Crippen molar-refractivity contribution >= 4 is 11.6 Å². The number of piperidine rings is 1. The number of benzene rings is 2. The van der Waals surface area contributed by atoms with Crippen LogP contribution in [0.5, 0.6) is 5.75 Å². The molecule has 4 rings (SSSR count). The number of rotatable bonds is 6. The number of likely N-dealkylation sites (tertiary alicyclic amines) is 1. The minimum atomic E-state index is -4.61. The van der Waals surface area contributed by atoms with E-state index in [2.05, 4.69) is 0 Å². The van der Waals surface area contributed by atoms with Crippen molar-refractivity contribution in [1.29, 1.82) is 5.26 Å². The van der Waals surface area contributed by atoms with Gasteiger partial charge in [0.25, 0.3) is 5.91 Å². The zero-order valence-electron chi connectivity index (χ0n) is 19.8. The van der Waals surface area contributed by atoms with Gasteiger partial charge in [-0.2, -0.15) is 18.4 Å². The maximum atomic E-state index is 13.5. The van der Waals surface area contributed by atoms with Gasteiger partial charge in [-0.1, -0.05) is 6.07 Å². The van der Waals surface area contributed by atoms with Gasteiger partial charge in [0.2, 0.25) is 0 Å². The Balaban J connectivity index is 1.59. The van der Waals surface area contributed by atoms with Crippen molar-refractivity contribution in [3.63, 3.8) is 0 Å². The predicted octanol–water partition coefficient (Wildman–Crippen LogP) is 4.59. The number of amides is 1. The van der Waals surface area contributed by atoms with Gasteiger partial charge >= 0.3 is 6.18 Å². The van der Waals surface area contributed by atoms with Gasteiger partial charge in [0.05, 0.1) is 30.9 Å². The molecule has 0 aromatic heterocycles. The molecule has 2 fully saturated rings. The van der Waals surface area contributed by atoms with Crippen LogP contribution >= 0.6 is 0 Å². The van der Waals surface area contributed by atoms with Crippen molar-refractivity contribution in [1.82, 2.24) is 4.90 Å². The molecule has 1 amide bonds. The molecule has 2 atom stereocenters. The van der Waals surface area contributed by atoms with Crippen LogP contribution in [-0.2, 0) is 10.9 Å². The van der Waals surface area contributed by atoms with E-state index in [1.54, 1.807) is 43.5 Å². The number of methoxy groups -OCH3 is 1. The SMILES string of the molecule is CCOC[C@@]12CCN(c3ccc(C#N)c(C(F)(F)F)c3)C[C@@H]1CN(C(=O)c1cccc(OC)c1)C2. The van der Waals surface area contributed by atoms with E-state index in [1.807, 2.05) is 16.7 Å². The highest BCUT2D eigenvalue weighted by Gasteiger charge is 2.51. The van der Waals surface area contributed by atoms with Crippen LogP contribution in [0.2, 0.25) is 0 Å². The monoisotopic (exact) mass is 487 g/mol. The average molecular weight is 488 g/mol. The van der Waals surface area contributed by atoms with Gasteiger partial charge in [-0.25, -0.2) is 0 Å². The first-order valence-corrected chi connectivity index (χ1v) is 11.6. The second-order valence-corrected chi connectivity index (χ2v) is 9.15. The molecule has 2 saturated heterocycles. The highest BCUT2D eigenvalue weighted by atomic mass is 19.4. The molecule has 2 aliphatic heterocycles. The highest BCUT2D eigenvalue weighted by Crippen LogP contribution is 2.45. The number of carbonyl (C=O) groups is 1. The van der Waals surface area contributed by atoms with Crippen molar-refractivity contribution in [2.24, 2.45) is 11.3 Å². The summed E-state index contributed by atoms with van der Waals surface area (Å²) < 4.78 is 51.6. The van der Waals surface area contributed by atoms with E-state index in [9.17, 15) is 18.0 Å². The van der Waals surface area contributed by atoms with Crippen LogP contribution in [0.4, 0.5) is 18.9 Å². The van der Waals surface area contributed by atoms with Gasteiger partial charge < -0.3 is 19.3 Å². The van der Waals surface area contributed by atoms with Crippen LogP contribution in [0, 0.1) is 22.7 Å². The summed E-state index contributed by atoms with van der Waals surface area (Å²) in [6.07, 6.45) is -3.93. The summed E-state index contributed by atoms with van der Waals surface area (Å²) in [5.74, 6) is 0.532. The largest absolute Gasteiger partial charge is 0.497 e. The Labute approximate surface area is 202 Å². The second kappa shape index (κ2) is 9.78. The van der Waals surface area contributed by atoms with Gasteiger partial charge in [-0.15, -0.1) is 0 Å². The Morgan fingerprint density at radius 3 is 2.71 bits per heavy atom. The van der Waals surface area contributed by atoms with Crippen LogP contribution in [0.15, 0.2) is 42.5 Å². The number of nitrogens with zero attached hydrogens (tertiary/aromatic N) is 3. The molecule has 2 aromatic rings. The van der Waals surface area contributed by atoms with Gasteiger partial charge in [-0.3, -0.25) is 4.79 Å². The summed E-state index contributed by atoms with van der Waals surface area (Å²) in [5, 5.41) is 9.11. The van der Waals surface area contributed by atoms with E-state index in [4.69, 9.17) is 14.7 Å². The molecular formula is C26H28F3N3O3. The van der Waals surface area contributed by atoms with Crippen molar-refractivity contribution in [3.8, 4) is 11.8 Å². The molecule has 0 aliphatic carbocycles. The third-order valence-corrected chi connectivity index (χ3v) is 7.12. The Hall–Kier alpha value is -3.25. The Morgan fingerprint density at radius 2 is 2.03 bits per heavy atom. The molecular weight excluding hydrogens is 459 g/mol. The number of nitriles is 1. The molecule has 0 unspecified atom stereocenters. The van der Waals surface area contributed by atoms with E-state index in [1.165, 1.54) is 6.07 Å². The maximum absolute atomic E-state index is 13.5. The summed E-state index contributed by atoms with van der Waals surface area (Å²) in [5.41, 5.74) is -0.613. The van der Waals surface area contributed by atoms with E-state index >= 15 is 0 Å². The summed E-state index contributed by atoms with van der Waals surface area (Å²) in [4.78, 5) is 17.1. The van der Waals surface area contributed by atoms with Crippen molar-refractivity contribution in [2.75, 3.05) is 51.4 Å². The van der Waals surface area contributed by atoms with E-state index in [0.717, 1.165) is 6.07 Å². The Bertz CT molecular complexity index is 1130. The molecule has 35 heavy (non-hydrogen) atoms. The van der Waals surface area contributed by atoms with Gasteiger partial charge in [0.15, 0.2) is 0 Å². The number of carbonyl (C=O) groups excluding carboxylic acids is 1. The highest BCUT2D eigenvalue weighted by molar-refractivity contribution is 5.95. The third-order valence-electron chi connectivity index (χ3n) is 7.12. The lowest BCUT2D eigenvalue weighted by Gasteiger charge is -2.44. The molecule has 2 aromatic carbocycles. The smallest absolute Gasteiger partial charge is 0.417 e. The van der Waals surface area contributed by atoms with Crippen LogP contribution in [-0.4, -0.2) is 57.3 Å². The molecule has 2 aliphatic rings. The minimum absolute atomic E-state index is 0.0299. The summed E-state index contributed by atoms with van der Waals surface area (Å²) >= 11 is 0. The molecule has 186 valence electrons. The number of hydrogen-bond acceptors (Lipinski definition) is 5.